The molecule has 3 N–H and O–H groups in total. The number of nitrogens with one attached hydrogen (secondary N) is 3. The Morgan fingerprint density at radius 3 is 2.63 bits per heavy atom. The molecule has 2 fully saturated rings. The zero-order valence-electron chi connectivity index (χ0n) is 24.4. The molecule has 6 rings (SSSR count). The molecule has 3 aliphatic heterocycles. The lowest BCUT2D eigenvalue weighted by Gasteiger charge is -2.28. The van der Waals surface area contributed by atoms with Gasteiger partial charge in [-0.2, -0.15) is 0 Å². The van der Waals surface area contributed by atoms with E-state index in [1.807, 2.05) is 55.5 Å². The van der Waals surface area contributed by atoms with E-state index in [4.69, 9.17) is 0 Å². The Labute approximate surface area is 243 Å². The van der Waals surface area contributed by atoms with E-state index in [-0.39, 0.29) is 17.9 Å². The van der Waals surface area contributed by atoms with Crippen LogP contribution >= 0.6 is 0 Å². The lowest BCUT2D eigenvalue weighted by molar-refractivity contribution is -0.110. The predicted octanol–water partition coefficient (Wildman–Crippen LogP) is 5.68. The van der Waals surface area contributed by atoms with Gasteiger partial charge in [0.1, 0.15) is 0 Å². The first-order valence-electron chi connectivity index (χ1n) is 15.0. The van der Waals surface area contributed by atoms with Crippen molar-refractivity contribution in [3.05, 3.63) is 87.7 Å². The van der Waals surface area contributed by atoms with Crippen LogP contribution in [0.15, 0.2) is 48.5 Å². The summed E-state index contributed by atoms with van der Waals surface area (Å²) in [5.41, 5.74) is 8.28. The van der Waals surface area contributed by atoms with Crippen LogP contribution < -0.4 is 10.6 Å². The maximum Gasteiger partial charge on any atom is 0.256 e. The minimum Gasteiger partial charge on any atom is -0.359 e. The number of nitrogens with zero attached hydrogens (tertiary/aromatic N) is 2. The number of aromatic nitrogens is 1. The summed E-state index contributed by atoms with van der Waals surface area (Å²) in [6.45, 7) is 12.0. The minimum atomic E-state index is -0.161. The number of hydrogen-bond acceptors (Lipinski definition) is 4. The highest BCUT2D eigenvalue weighted by molar-refractivity contribution is 6.35. The number of amides is 2. The van der Waals surface area contributed by atoms with Crippen molar-refractivity contribution < 1.29 is 9.59 Å². The van der Waals surface area contributed by atoms with Crippen LogP contribution in [0, 0.1) is 13.8 Å². The van der Waals surface area contributed by atoms with Gasteiger partial charge >= 0.3 is 0 Å². The van der Waals surface area contributed by atoms with Crippen LogP contribution in [0.3, 0.4) is 0 Å². The number of aromatic amines is 1. The highest BCUT2D eigenvalue weighted by atomic mass is 16.2. The summed E-state index contributed by atoms with van der Waals surface area (Å²) in [4.78, 5) is 35.0. The van der Waals surface area contributed by atoms with Crippen molar-refractivity contribution in [2.75, 3.05) is 31.5 Å². The fourth-order valence-electron chi connectivity index (χ4n) is 6.69. The third kappa shape index (κ3) is 5.74. The number of hydrogen-bond donors (Lipinski definition) is 3. The maximum absolute atomic E-state index is 13.1. The molecule has 2 aromatic carbocycles. The van der Waals surface area contributed by atoms with E-state index in [1.165, 1.54) is 56.4 Å². The van der Waals surface area contributed by atoms with Crippen LogP contribution in [0.25, 0.3) is 11.6 Å². The molecule has 2 saturated heterocycles. The van der Waals surface area contributed by atoms with Crippen LogP contribution in [0.1, 0.15) is 82.6 Å². The first-order chi connectivity index (χ1) is 19.9. The molecule has 214 valence electrons. The Bertz CT molecular complexity index is 1470. The van der Waals surface area contributed by atoms with E-state index < -0.39 is 0 Å². The number of likely N-dealkylation sites (tertiary alicyclic amines) is 2. The molecule has 7 heteroatoms. The van der Waals surface area contributed by atoms with Crippen molar-refractivity contribution in [1.82, 2.24) is 20.1 Å². The molecule has 3 aliphatic rings. The summed E-state index contributed by atoms with van der Waals surface area (Å²) in [5.74, 6) is -0.306. The van der Waals surface area contributed by atoms with E-state index in [9.17, 15) is 9.59 Å². The minimum absolute atomic E-state index is 0.125. The molecule has 2 unspecified atom stereocenters. The summed E-state index contributed by atoms with van der Waals surface area (Å²) < 4.78 is 0. The predicted molar refractivity (Wildman–Crippen MR) is 165 cm³/mol. The summed E-state index contributed by atoms with van der Waals surface area (Å²) in [6.07, 6.45) is 7.14. The van der Waals surface area contributed by atoms with E-state index in [0.717, 1.165) is 41.3 Å². The zero-order chi connectivity index (χ0) is 28.5. The fourth-order valence-corrected chi connectivity index (χ4v) is 6.69. The van der Waals surface area contributed by atoms with Gasteiger partial charge in [-0.25, -0.2) is 0 Å². The Morgan fingerprint density at radius 2 is 1.85 bits per heavy atom. The number of fused-ring (bicyclic) bond motifs is 1. The number of rotatable bonds is 8. The number of H-pyrrole nitrogens is 1. The average Bonchev–Trinajstić information content (AvgIpc) is 3.76. The van der Waals surface area contributed by atoms with Gasteiger partial charge in [-0.1, -0.05) is 30.3 Å². The molecule has 7 nitrogen and oxygen atoms in total. The van der Waals surface area contributed by atoms with Gasteiger partial charge in [0.2, 0.25) is 0 Å². The van der Waals surface area contributed by atoms with Crippen LogP contribution in [-0.2, 0) is 11.3 Å². The van der Waals surface area contributed by atoms with Crippen molar-refractivity contribution in [2.24, 2.45) is 0 Å². The molecule has 41 heavy (non-hydrogen) atoms. The van der Waals surface area contributed by atoms with Crippen LogP contribution in [-0.4, -0.2) is 58.8 Å². The van der Waals surface area contributed by atoms with E-state index in [2.05, 4.69) is 39.3 Å². The monoisotopic (exact) mass is 551 g/mol. The molecular formula is C34H41N5O2. The standard InChI is InChI=1S/C34H41N5O2/c1-22-30(21-39-17-9-12-27(39)20-38-15-7-8-16-38)24(3)35-32(22)19-29-28-18-26(13-14-31(28)37-34(29)41)33(40)36-23(2)25-10-5-4-6-11-25/h4-6,10-11,13-14,18-19,23,27,35H,7-9,12,15-17,20-21H2,1-3H3,(H,36,40)(H,37,41). The number of anilines is 1. The Balaban J connectivity index is 1.21. The summed E-state index contributed by atoms with van der Waals surface area (Å²) in [7, 11) is 0. The van der Waals surface area contributed by atoms with Gasteiger partial charge in [0.05, 0.1) is 11.6 Å². The highest BCUT2D eigenvalue weighted by Crippen LogP contribution is 2.35. The molecule has 2 amide bonds. The number of aryl methyl sites for hydroxylation is 1. The molecule has 0 aliphatic carbocycles. The van der Waals surface area contributed by atoms with Gasteiger partial charge in [-0.15, -0.1) is 0 Å². The SMILES string of the molecule is Cc1[nH]c(C=C2C(=O)Nc3ccc(C(=O)NC(C)c4ccccc4)cc32)c(C)c1CN1CCCC1CN1CCCC1. The molecule has 3 aromatic rings. The number of carbonyl (C=O) groups excluding carboxylic acids is 2. The molecule has 0 radical (unpaired) electrons. The maximum atomic E-state index is 13.1. The summed E-state index contributed by atoms with van der Waals surface area (Å²) >= 11 is 0. The Kier molecular flexibility index (Phi) is 7.82. The first kappa shape index (κ1) is 27.5. The van der Waals surface area contributed by atoms with Crippen molar-refractivity contribution in [2.45, 2.75) is 65.1 Å². The lowest BCUT2D eigenvalue weighted by atomic mass is 10.0. The van der Waals surface area contributed by atoms with Gasteiger partial charge in [0.25, 0.3) is 11.8 Å². The summed E-state index contributed by atoms with van der Waals surface area (Å²) in [6, 6.07) is 15.8. The van der Waals surface area contributed by atoms with Gasteiger partial charge in [0.15, 0.2) is 0 Å². The van der Waals surface area contributed by atoms with Crippen LogP contribution in [0.2, 0.25) is 0 Å². The van der Waals surface area contributed by atoms with Crippen LogP contribution in [0.4, 0.5) is 5.69 Å². The van der Waals surface area contributed by atoms with Gasteiger partial charge in [-0.3, -0.25) is 14.5 Å². The van der Waals surface area contributed by atoms with Crippen molar-refractivity contribution in [1.29, 1.82) is 0 Å². The Morgan fingerprint density at radius 1 is 1.07 bits per heavy atom. The molecule has 0 saturated carbocycles. The van der Waals surface area contributed by atoms with Crippen LogP contribution in [0.5, 0.6) is 0 Å². The molecule has 2 atom stereocenters. The highest BCUT2D eigenvalue weighted by Gasteiger charge is 2.30. The zero-order valence-corrected chi connectivity index (χ0v) is 24.4. The Hall–Kier alpha value is -3.68. The number of carbonyl (C=O) groups is 2. The van der Waals surface area contributed by atoms with Gasteiger partial charge in [-0.05, 0) is 107 Å². The van der Waals surface area contributed by atoms with E-state index in [0.29, 0.717) is 17.2 Å². The smallest absolute Gasteiger partial charge is 0.256 e. The molecule has 1 aromatic heterocycles. The fraction of sp³-hybridized carbons (Fsp3) is 0.412. The number of benzene rings is 2. The lowest BCUT2D eigenvalue weighted by Crippen LogP contribution is -2.39. The average molecular weight is 552 g/mol. The topological polar surface area (TPSA) is 80.5 Å². The summed E-state index contributed by atoms with van der Waals surface area (Å²) in [5, 5.41) is 6.06. The molecule has 0 bridgehead atoms. The first-order valence-corrected chi connectivity index (χ1v) is 15.0. The largest absolute Gasteiger partial charge is 0.359 e. The normalized spacial score (nSPS) is 20.9. The van der Waals surface area contributed by atoms with Crippen molar-refractivity contribution in [3.8, 4) is 0 Å². The van der Waals surface area contributed by atoms with Gasteiger partial charge in [0, 0.05) is 47.3 Å². The molecule has 4 heterocycles. The second-order valence-corrected chi connectivity index (χ2v) is 11.9. The van der Waals surface area contributed by atoms with Gasteiger partial charge < -0.3 is 20.5 Å². The molecular weight excluding hydrogens is 510 g/mol. The second-order valence-electron chi connectivity index (χ2n) is 11.9. The van der Waals surface area contributed by atoms with Crippen molar-refractivity contribution >= 4 is 29.2 Å². The second kappa shape index (κ2) is 11.7. The molecule has 0 spiro atoms. The quantitative estimate of drug-likeness (QED) is 0.315. The third-order valence-electron chi connectivity index (χ3n) is 9.16. The third-order valence-corrected chi connectivity index (χ3v) is 9.16. The van der Waals surface area contributed by atoms with E-state index >= 15 is 0 Å². The van der Waals surface area contributed by atoms with E-state index in [1.54, 1.807) is 6.07 Å². The van der Waals surface area contributed by atoms with Crippen molar-refractivity contribution in [3.63, 3.8) is 0 Å².